The van der Waals surface area contributed by atoms with Gasteiger partial charge in [-0.3, -0.25) is 4.79 Å². The summed E-state index contributed by atoms with van der Waals surface area (Å²) < 4.78 is 41.0. The predicted octanol–water partition coefficient (Wildman–Crippen LogP) is 0.226. The Balaban J connectivity index is 2.83. The zero-order chi connectivity index (χ0) is 10.9. The number of esters is 1. The van der Waals surface area contributed by atoms with Crippen LogP contribution >= 0.6 is 0 Å². The molecule has 7 heteroatoms. The van der Waals surface area contributed by atoms with Crippen LogP contribution in [-0.4, -0.2) is 31.2 Å². The number of hydrogen-bond donors (Lipinski definition) is 1. The van der Waals surface area contributed by atoms with Crippen LogP contribution in [0.1, 0.15) is 6.42 Å². The van der Waals surface area contributed by atoms with Gasteiger partial charge in [-0.25, -0.2) is 4.79 Å². The molecule has 0 aromatic heterocycles. The molecule has 0 bridgehead atoms. The fourth-order valence-electron chi connectivity index (χ4n) is 1.31. The first-order valence-electron chi connectivity index (χ1n) is 3.80. The quantitative estimate of drug-likeness (QED) is 0.631. The van der Waals surface area contributed by atoms with E-state index < -0.39 is 36.4 Å². The molecule has 0 radical (unpaired) electrons. The maximum atomic E-state index is 12.3. The summed E-state index contributed by atoms with van der Waals surface area (Å²) in [5.74, 6) is -3.84. The average Bonchev–Trinajstić information content (AvgIpc) is 2.45. The van der Waals surface area contributed by atoms with E-state index >= 15 is 0 Å². The van der Waals surface area contributed by atoms with Crippen LogP contribution in [0.15, 0.2) is 0 Å². The van der Waals surface area contributed by atoms with Gasteiger partial charge in [0.1, 0.15) is 6.04 Å². The van der Waals surface area contributed by atoms with Crippen molar-refractivity contribution in [1.82, 2.24) is 5.32 Å². The van der Waals surface area contributed by atoms with Gasteiger partial charge < -0.3 is 10.1 Å². The number of alkyl halides is 3. The lowest BCUT2D eigenvalue weighted by molar-refractivity contribution is -0.185. The van der Waals surface area contributed by atoms with E-state index in [1.54, 1.807) is 0 Å². The number of amides is 1. The number of rotatable bonds is 1. The molecule has 1 aliphatic rings. The van der Waals surface area contributed by atoms with Crippen molar-refractivity contribution in [3.8, 4) is 0 Å². The van der Waals surface area contributed by atoms with Gasteiger partial charge in [-0.1, -0.05) is 0 Å². The van der Waals surface area contributed by atoms with Gasteiger partial charge in [-0.15, -0.1) is 0 Å². The van der Waals surface area contributed by atoms with E-state index in [9.17, 15) is 22.8 Å². The zero-order valence-corrected chi connectivity index (χ0v) is 7.22. The minimum Gasteiger partial charge on any atom is -0.467 e. The lowest BCUT2D eigenvalue weighted by Crippen LogP contribution is -2.42. The third kappa shape index (κ3) is 1.97. The summed E-state index contributed by atoms with van der Waals surface area (Å²) in [6, 6.07) is -1.60. The molecule has 0 aliphatic carbocycles. The molecule has 1 fully saturated rings. The number of nitrogens with one attached hydrogen (secondary N) is 1. The van der Waals surface area contributed by atoms with Crippen LogP contribution in [0.4, 0.5) is 13.2 Å². The Labute approximate surface area is 77.4 Å². The monoisotopic (exact) mass is 211 g/mol. The largest absolute Gasteiger partial charge is 0.467 e. The van der Waals surface area contributed by atoms with E-state index in [1.165, 1.54) is 0 Å². The molecule has 1 saturated heterocycles. The van der Waals surface area contributed by atoms with Crippen LogP contribution in [0.5, 0.6) is 0 Å². The van der Waals surface area contributed by atoms with Crippen molar-refractivity contribution in [3.63, 3.8) is 0 Å². The highest BCUT2D eigenvalue weighted by Crippen LogP contribution is 2.34. The number of carbonyl (C=O) groups is 2. The van der Waals surface area contributed by atoms with E-state index in [-0.39, 0.29) is 0 Å². The second kappa shape index (κ2) is 3.47. The molecule has 80 valence electrons. The van der Waals surface area contributed by atoms with Crippen molar-refractivity contribution in [1.29, 1.82) is 0 Å². The fourth-order valence-corrected chi connectivity index (χ4v) is 1.31. The van der Waals surface area contributed by atoms with Crippen molar-refractivity contribution in [2.75, 3.05) is 7.11 Å². The molecule has 1 heterocycles. The molecular weight excluding hydrogens is 203 g/mol. The second-order valence-corrected chi connectivity index (χ2v) is 2.92. The molecule has 0 saturated carbocycles. The van der Waals surface area contributed by atoms with Crippen molar-refractivity contribution in [3.05, 3.63) is 0 Å². The molecule has 0 aromatic rings. The number of halogens is 3. The Morgan fingerprint density at radius 3 is 2.57 bits per heavy atom. The molecule has 1 N–H and O–H groups in total. The van der Waals surface area contributed by atoms with E-state index in [4.69, 9.17) is 0 Å². The molecule has 2 unspecified atom stereocenters. The minimum atomic E-state index is -4.57. The highest BCUT2D eigenvalue weighted by Gasteiger charge is 2.53. The van der Waals surface area contributed by atoms with Crippen molar-refractivity contribution >= 4 is 11.9 Å². The summed E-state index contributed by atoms with van der Waals surface area (Å²) in [5.41, 5.74) is 0. The molecule has 14 heavy (non-hydrogen) atoms. The molecule has 1 rings (SSSR count). The highest BCUT2D eigenvalue weighted by atomic mass is 19.4. The van der Waals surface area contributed by atoms with Gasteiger partial charge in [-0.05, 0) is 0 Å². The van der Waals surface area contributed by atoms with E-state index in [1.807, 2.05) is 5.32 Å². The van der Waals surface area contributed by atoms with Gasteiger partial charge in [0.2, 0.25) is 5.91 Å². The molecule has 1 aliphatic heterocycles. The Morgan fingerprint density at radius 2 is 2.14 bits per heavy atom. The predicted molar refractivity (Wildman–Crippen MR) is 38.1 cm³/mol. The first kappa shape index (κ1) is 10.8. The SMILES string of the molecule is COC(=O)C1NC(=O)CC1C(F)(F)F. The molecule has 2 atom stereocenters. The second-order valence-electron chi connectivity index (χ2n) is 2.92. The first-order chi connectivity index (χ1) is 6.36. The maximum absolute atomic E-state index is 12.3. The van der Waals surface area contributed by atoms with Gasteiger partial charge in [0.05, 0.1) is 13.0 Å². The number of hydrogen-bond acceptors (Lipinski definition) is 3. The number of methoxy groups -OCH3 is 1. The molecule has 0 aromatic carbocycles. The number of carbonyl (C=O) groups excluding carboxylic acids is 2. The first-order valence-corrected chi connectivity index (χ1v) is 3.80. The third-order valence-corrected chi connectivity index (χ3v) is 2.00. The van der Waals surface area contributed by atoms with Crippen LogP contribution in [0.3, 0.4) is 0 Å². The summed E-state index contributed by atoms with van der Waals surface area (Å²) >= 11 is 0. The molecule has 4 nitrogen and oxygen atoms in total. The minimum absolute atomic E-state index is 0.719. The average molecular weight is 211 g/mol. The van der Waals surface area contributed by atoms with Crippen LogP contribution in [0, 0.1) is 5.92 Å². The standard InChI is InChI=1S/C7H8F3NO3/c1-14-6(13)5-3(7(8,9)10)2-4(12)11-5/h3,5H,2H2,1H3,(H,11,12). The van der Waals surface area contributed by atoms with Crippen molar-refractivity contribution in [2.45, 2.75) is 18.6 Å². The molecular formula is C7H8F3NO3. The van der Waals surface area contributed by atoms with Crippen LogP contribution in [-0.2, 0) is 14.3 Å². The Hall–Kier alpha value is -1.27. The van der Waals surface area contributed by atoms with Crippen LogP contribution in [0.2, 0.25) is 0 Å². The van der Waals surface area contributed by atoms with Crippen molar-refractivity contribution < 1.29 is 27.5 Å². The lowest BCUT2D eigenvalue weighted by atomic mass is 10.0. The Morgan fingerprint density at radius 1 is 1.57 bits per heavy atom. The van der Waals surface area contributed by atoms with Gasteiger partial charge in [0.15, 0.2) is 0 Å². The van der Waals surface area contributed by atoms with E-state index in [2.05, 4.69) is 4.74 Å². The summed E-state index contributed by atoms with van der Waals surface area (Å²) in [5, 5.41) is 1.93. The topological polar surface area (TPSA) is 55.4 Å². The summed E-state index contributed by atoms with van der Waals surface area (Å²) in [4.78, 5) is 21.6. The zero-order valence-electron chi connectivity index (χ0n) is 7.22. The van der Waals surface area contributed by atoms with Crippen molar-refractivity contribution in [2.24, 2.45) is 5.92 Å². The Bertz CT molecular complexity index is 263. The third-order valence-electron chi connectivity index (χ3n) is 2.00. The summed E-state index contributed by atoms with van der Waals surface area (Å²) in [7, 11) is 0.972. The van der Waals surface area contributed by atoms with Gasteiger partial charge >= 0.3 is 12.1 Å². The van der Waals surface area contributed by atoms with Gasteiger partial charge in [-0.2, -0.15) is 13.2 Å². The van der Waals surface area contributed by atoms with Crippen LogP contribution in [0.25, 0.3) is 0 Å². The lowest BCUT2D eigenvalue weighted by Gasteiger charge is -2.18. The van der Waals surface area contributed by atoms with Gasteiger partial charge in [0.25, 0.3) is 0 Å². The van der Waals surface area contributed by atoms with Gasteiger partial charge in [0, 0.05) is 6.42 Å². The molecule has 1 amide bonds. The normalized spacial score (nSPS) is 27.3. The maximum Gasteiger partial charge on any atom is 0.394 e. The summed E-state index contributed by atoms with van der Waals surface area (Å²) in [6.07, 6.45) is -5.29. The van der Waals surface area contributed by atoms with E-state index in [0.717, 1.165) is 7.11 Å². The van der Waals surface area contributed by atoms with Crippen LogP contribution < -0.4 is 5.32 Å². The highest BCUT2D eigenvalue weighted by molar-refractivity contribution is 5.88. The smallest absolute Gasteiger partial charge is 0.394 e. The summed E-state index contributed by atoms with van der Waals surface area (Å²) in [6.45, 7) is 0. The molecule has 0 spiro atoms. The Kier molecular flexibility index (Phi) is 2.68. The fraction of sp³-hybridized carbons (Fsp3) is 0.714. The van der Waals surface area contributed by atoms with E-state index in [0.29, 0.717) is 0 Å². The number of ether oxygens (including phenoxy) is 1.